The molecule has 0 aromatic carbocycles. The van der Waals surface area contributed by atoms with Gasteiger partial charge in [-0.05, 0) is 51.4 Å². The second-order valence-corrected chi connectivity index (χ2v) is 14.9. The third-order valence-electron chi connectivity index (χ3n) is 13.4. The first-order valence-corrected chi connectivity index (χ1v) is 14.9. The fourth-order valence-corrected chi connectivity index (χ4v) is 11.6. The Morgan fingerprint density at radius 2 is 1.62 bits per heavy atom. The summed E-state index contributed by atoms with van der Waals surface area (Å²) in [5.41, 5.74) is -9.28. The summed E-state index contributed by atoms with van der Waals surface area (Å²) in [4.78, 5) is 14.0. The van der Waals surface area contributed by atoms with Gasteiger partial charge in [0, 0.05) is 62.1 Å². The Balaban J connectivity index is 1.36. The van der Waals surface area contributed by atoms with E-state index in [1.54, 1.807) is 6.92 Å². The SMILES string of the molecule is CC(=O)O[C@@H]1CC[C@@]2(C)[C@@H]3CC[C@H]4[C@]5(O)C[C@H](O)[C@@]6(O)[C@@H](CN7C[C@@H](C)CC[C@H]7[C@@]6(C)O)[C@]5(O)C[C@@]42O[C@]31O. The first-order chi connectivity index (χ1) is 18.0. The zero-order chi connectivity index (χ0) is 28.2. The number of nitrogens with zero attached hydrogens (tertiary/aromatic N) is 1. The Labute approximate surface area is 229 Å². The number of aliphatic hydroxyl groups is 6. The van der Waals surface area contributed by atoms with E-state index in [-0.39, 0.29) is 31.3 Å². The van der Waals surface area contributed by atoms with E-state index in [4.69, 9.17) is 9.47 Å². The number of fused-ring (bicyclic) bond motifs is 5. The molecule has 14 atom stereocenters. The number of aliphatic hydroxyl groups excluding tert-OH is 1. The van der Waals surface area contributed by atoms with E-state index >= 15 is 0 Å². The standard InChI is InChI=1S/C29H45NO9/c1-15-5-8-20-24(4,33)28(36)19(13-30(20)12-15)26(35)14-27-18(25(26,34)11-21(28)32)7-6-17-23(27,3)10-9-22(38-16(2)31)29(17,37)39-27/h15,17-22,32-37H,5-14H2,1-4H3/t15-,17-,18-,19-,20-,21-,22+,23-,24+,25+,26+,27+,28-,29+/m0/s1. The van der Waals surface area contributed by atoms with Crippen molar-refractivity contribution in [1.82, 2.24) is 4.90 Å². The van der Waals surface area contributed by atoms with Gasteiger partial charge in [-0.25, -0.2) is 0 Å². The highest BCUT2D eigenvalue weighted by atomic mass is 16.7. The molecule has 3 heterocycles. The molecule has 4 saturated carbocycles. The highest BCUT2D eigenvalue weighted by Gasteiger charge is 2.88. The molecule has 3 aliphatic heterocycles. The largest absolute Gasteiger partial charge is 0.457 e. The molecule has 7 rings (SSSR count). The lowest BCUT2D eigenvalue weighted by Crippen LogP contribution is -2.85. The van der Waals surface area contributed by atoms with Crippen LogP contribution in [0.15, 0.2) is 0 Å². The molecule has 10 nitrogen and oxygen atoms in total. The third-order valence-corrected chi connectivity index (χ3v) is 13.4. The van der Waals surface area contributed by atoms with Crippen molar-refractivity contribution in [2.45, 2.75) is 131 Å². The number of piperidine rings is 2. The Kier molecular flexibility index (Phi) is 5.23. The molecule has 4 aliphatic carbocycles. The lowest BCUT2D eigenvalue weighted by atomic mass is 9.49. The van der Waals surface area contributed by atoms with Crippen LogP contribution in [0.2, 0.25) is 0 Å². The minimum Gasteiger partial charge on any atom is -0.457 e. The predicted molar refractivity (Wildman–Crippen MR) is 136 cm³/mol. The maximum absolute atomic E-state index is 12.8. The normalized spacial score (nSPS) is 63.5. The van der Waals surface area contributed by atoms with Crippen LogP contribution in [0.5, 0.6) is 0 Å². The van der Waals surface area contributed by atoms with Crippen LogP contribution < -0.4 is 0 Å². The van der Waals surface area contributed by atoms with Crippen molar-refractivity contribution in [3.63, 3.8) is 0 Å². The summed E-state index contributed by atoms with van der Waals surface area (Å²) in [5, 5.41) is 73.3. The van der Waals surface area contributed by atoms with Crippen LogP contribution in [0.3, 0.4) is 0 Å². The summed E-state index contributed by atoms with van der Waals surface area (Å²) in [7, 11) is 0. The summed E-state index contributed by atoms with van der Waals surface area (Å²) >= 11 is 0. The lowest BCUT2D eigenvalue weighted by molar-refractivity contribution is -0.354. The summed E-state index contributed by atoms with van der Waals surface area (Å²) in [6.07, 6.45) is 0.797. The second kappa shape index (κ2) is 7.56. The van der Waals surface area contributed by atoms with E-state index in [9.17, 15) is 35.4 Å². The zero-order valence-corrected chi connectivity index (χ0v) is 23.5. The highest BCUT2D eigenvalue weighted by Crippen LogP contribution is 2.78. The number of hydrogen-bond acceptors (Lipinski definition) is 10. The molecular formula is C29H45NO9. The molecule has 220 valence electrons. The van der Waals surface area contributed by atoms with Gasteiger partial charge in [-0.2, -0.15) is 0 Å². The molecule has 4 bridgehead atoms. The van der Waals surface area contributed by atoms with E-state index in [0.717, 1.165) is 6.42 Å². The van der Waals surface area contributed by atoms with E-state index in [0.29, 0.717) is 44.6 Å². The zero-order valence-electron chi connectivity index (χ0n) is 23.5. The number of carbonyl (C=O) groups excluding carboxylic acids is 1. The molecule has 0 unspecified atom stereocenters. The van der Waals surface area contributed by atoms with E-state index in [2.05, 4.69) is 11.8 Å². The monoisotopic (exact) mass is 551 g/mol. The number of esters is 1. The molecule has 6 N–H and O–H groups in total. The fraction of sp³-hybridized carbons (Fsp3) is 0.966. The fourth-order valence-electron chi connectivity index (χ4n) is 11.6. The third kappa shape index (κ3) is 2.75. The van der Waals surface area contributed by atoms with Gasteiger partial charge in [0.1, 0.15) is 22.4 Å². The average molecular weight is 552 g/mol. The van der Waals surface area contributed by atoms with Gasteiger partial charge in [0.15, 0.2) is 6.10 Å². The number of ether oxygens (including phenoxy) is 2. The summed E-state index contributed by atoms with van der Waals surface area (Å²) < 4.78 is 12.2. The Morgan fingerprint density at radius 1 is 0.923 bits per heavy atom. The Morgan fingerprint density at radius 3 is 2.31 bits per heavy atom. The van der Waals surface area contributed by atoms with Crippen LogP contribution in [-0.4, -0.2) is 107 Å². The van der Waals surface area contributed by atoms with Crippen LogP contribution in [0.25, 0.3) is 0 Å². The van der Waals surface area contributed by atoms with Crippen LogP contribution in [0.4, 0.5) is 0 Å². The molecule has 0 amide bonds. The molecule has 7 aliphatic rings. The number of rotatable bonds is 1. The average Bonchev–Trinajstić information content (AvgIpc) is 3.01. The van der Waals surface area contributed by atoms with Crippen molar-refractivity contribution < 1.29 is 44.9 Å². The van der Waals surface area contributed by atoms with Gasteiger partial charge in [0.2, 0.25) is 5.79 Å². The van der Waals surface area contributed by atoms with Gasteiger partial charge in [0.05, 0.1) is 11.7 Å². The quantitative estimate of drug-likeness (QED) is 0.246. The van der Waals surface area contributed by atoms with Crippen molar-refractivity contribution in [3.8, 4) is 0 Å². The number of carbonyl (C=O) groups is 1. The second-order valence-electron chi connectivity index (χ2n) is 14.9. The van der Waals surface area contributed by atoms with Crippen LogP contribution >= 0.6 is 0 Å². The van der Waals surface area contributed by atoms with Gasteiger partial charge in [-0.15, -0.1) is 0 Å². The van der Waals surface area contributed by atoms with Gasteiger partial charge in [-0.1, -0.05) is 13.8 Å². The molecular weight excluding hydrogens is 506 g/mol. The predicted octanol–water partition coefficient (Wildman–Crippen LogP) is 0.0449. The minimum atomic E-state index is -2.05. The molecule has 3 saturated heterocycles. The summed E-state index contributed by atoms with van der Waals surface area (Å²) in [5.74, 6) is -3.93. The molecule has 10 heteroatoms. The molecule has 39 heavy (non-hydrogen) atoms. The number of hydrogen-bond donors (Lipinski definition) is 6. The first kappa shape index (κ1) is 27.0. The molecule has 0 aromatic heterocycles. The Hall–Kier alpha value is -0.850. The van der Waals surface area contributed by atoms with Gasteiger partial charge in [0.25, 0.3) is 0 Å². The van der Waals surface area contributed by atoms with Crippen molar-refractivity contribution in [1.29, 1.82) is 0 Å². The van der Waals surface area contributed by atoms with Gasteiger partial charge < -0.3 is 40.1 Å². The smallest absolute Gasteiger partial charge is 0.303 e. The van der Waals surface area contributed by atoms with Gasteiger partial charge >= 0.3 is 5.97 Å². The molecule has 7 fully saturated rings. The van der Waals surface area contributed by atoms with Crippen molar-refractivity contribution in [3.05, 3.63) is 0 Å². The van der Waals surface area contributed by atoms with Crippen LogP contribution in [0, 0.1) is 29.1 Å². The molecule has 0 aromatic rings. The first-order valence-electron chi connectivity index (χ1n) is 14.9. The maximum atomic E-state index is 12.8. The van der Waals surface area contributed by atoms with Crippen molar-refractivity contribution >= 4 is 5.97 Å². The molecule has 0 radical (unpaired) electrons. The highest BCUT2D eigenvalue weighted by molar-refractivity contribution is 5.66. The van der Waals surface area contributed by atoms with Crippen molar-refractivity contribution in [2.24, 2.45) is 29.1 Å². The summed E-state index contributed by atoms with van der Waals surface area (Å²) in [6.45, 7) is 7.96. The van der Waals surface area contributed by atoms with Crippen LogP contribution in [0.1, 0.15) is 79.1 Å². The topological polar surface area (TPSA) is 160 Å². The maximum Gasteiger partial charge on any atom is 0.303 e. The Bertz CT molecular complexity index is 1100. The van der Waals surface area contributed by atoms with E-state index in [1.165, 1.54) is 6.92 Å². The van der Waals surface area contributed by atoms with E-state index in [1.807, 2.05) is 6.92 Å². The van der Waals surface area contributed by atoms with E-state index < -0.39 is 69.2 Å². The van der Waals surface area contributed by atoms with Crippen molar-refractivity contribution in [2.75, 3.05) is 13.1 Å². The van der Waals surface area contributed by atoms with Crippen LogP contribution in [-0.2, 0) is 14.3 Å². The lowest BCUT2D eigenvalue weighted by Gasteiger charge is -2.68. The van der Waals surface area contributed by atoms with Gasteiger partial charge in [-0.3, -0.25) is 9.69 Å². The summed E-state index contributed by atoms with van der Waals surface area (Å²) in [6, 6.07) is -0.379. The minimum absolute atomic E-state index is 0.0485. The molecule has 1 spiro atoms.